The van der Waals surface area contributed by atoms with Crippen LogP contribution in [0.25, 0.3) is 0 Å². The van der Waals surface area contributed by atoms with Crippen molar-refractivity contribution in [2.45, 2.75) is 6.61 Å². The summed E-state index contributed by atoms with van der Waals surface area (Å²) < 4.78 is 27.8. The molecule has 8 heteroatoms. The zero-order chi connectivity index (χ0) is 12.3. The number of carbonyl (C=O) groups excluding carboxylic acids is 1. The SMILES string of the molecule is O=Cc1cc(Cl)cc(OC(F)F)c1[N+](=O)[O-]. The second-order valence-electron chi connectivity index (χ2n) is 2.60. The quantitative estimate of drug-likeness (QED) is 0.469. The van der Waals surface area contributed by atoms with Crippen LogP contribution >= 0.6 is 11.6 Å². The molecule has 0 aliphatic carbocycles. The van der Waals surface area contributed by atoms with E-state index in [-0.39, 0.29) is 11.3 Å². The summed E-state index contributed by atoms with van der Waals surface area (Å²) in [6, 6.07) is 1.84. The van der Waals surface area contributed by atoms with E-state index in [2.05, 4.69) is 4.74 Å². The number of nitro benzene ring substituents is 1. The van der Waals surface area contributed by atoms with Gasteiger partial charge >= 0.3 is 12.3 Å². The van der Waals surface area contributed by atoms with Gasteiger partial charge in [0.1, 0.15) is 0 Å². The minimum Gasteiger partial charge on any atom is -0.427 e. The summed E-state index contributed by atoms with van der Waals surface area (Å²) in [5.41, 5.74) is -1.26. The number of nitro groups is 1. The number of benzene rings is 1. The Hall–Kier alpha value is -1.76. The van der Waals surface area contributed by atoms with Gasteiger partial charge in [-0.05, 0) is 6.07 Å². The second kappa shape index (κ2) is 4.84. The summed E-state index contributed by atoms with van der Waals surface area (Å²) in [5, 5.41) is 10.5. The Morgan fingerprint density at radius 2 is 2.12 bits per heavy atom. The van der Waals surface area contributed by atoms with Gasteiger partial charge in [0.2, 0.25) is 5.75 Å². The molecule has 0 radical (unpaired) electrons. The molecular formula is C8H4ClF2NO4. The Morgan fingerprint density at radius 1 is 1.50 bits per heavy atom. The van der Waals surface area contributed by atoms with E-state index in [9.17, 15) is 23.7 Å². The summed E-state index contributed by atoms with van der Waals surface area (Å²) in [5.74, 6) is -0.741. The fraction of sp³-hybridized carbons (Fsp3) is 0.125. The summed E-state index contributed by atoms with van der Waals surface area (Å²) in [7, 11) is 0. The van der Waals surface area contributed by atoms with Crippen molar-refractivity contribution in [2.24, 2.45) is 0 Å². The maximum atomic E-state index is 12.0. The molecule has 0 saturated carbocycles. The van der Waals surface area contributed by atoms with Crippen molar-refractivity contribution < 1.29 is 23.2 Å². The molecule has 0 spiro atoms. The number of rotatable bonds is 4. The summed E-state index contributed by atoms with van der Waals surface area (Å²) in [6.45, 7) is -3.24. The zero-order valence-electron chi connectivity index (χ0n) is 7.52. The van der Waals surface area contributed by atoms with E-state index >= 15 is 0 Å². The van der Waals surface area contributed by atoms with Gasteiger partial charge in [0.05, 0.1) is 10.5 Å². The number of alkyl halides is 2. The van der Waals surface area contributed by atoms with Crippen LogP contribution in [0.2, 0.25) is 5.02 Å². The number of carbonyl (C=O) groups is 1. The third-order valence-electron chi connectivity index (χ3n) is 1.59. The molecule has 1 aromatic carbocycles. The van der Waals surface area contributed by atoms with E-state index in [1.807, 2.05) is 0 Å². The normalized spacial score (nSPS) is 10.2. The van der Waals surface area contributed by atoms with Crippen LogP contribution in [0.4, 0.5) is 14.5 Å². The van der Waals surface area contributed by atoms with Gasteiger partial charge in [0.25, 0.3) is 0 Å². The molecule has 0 bridgehead atoms. The molecule has 16 heavy (non-hydrogen) atoms. The Balaban J connectivity index is 3.37. The highest BCUT2D eigenvalue weighted by Gasteiger charge is 2.24. The molecular weight excluding hydrogens is 248 g/mol. The van der Waals surface area contributed by atoms with Gasteiger partial charge in [-0.2, -0.15) is 8.78 Å². The van der Waals surface area contributed by atoms with Crippen LogP contribution in [0.3, 0.4) is 0 Å². The van der Waals surface area contributed by atoms with Crippen LogP contribution in [0, 0.1) is 10.1 Å². The van der Waals surface area contributed by atoms with Crippen molar-refractivity contribution >= 4 is 23.6 Å². The minimum atomic E-state index is -3.24. The van der Waals surface area contributed by atoms with Crippen molar-refractivity contribution in [3.8, 4) is 5.75 Å². The van der Waals surface area contributed by atoms with Crippen LogP contribution in [0.1, 0.15) is 10.4 Å². The Morgan fingerprint density at radius 3 is 2.56 bits per heavy atom. The molecule has 0 saturated heterocycles. The van der Waals surface area contributed by atoms with Gasteiger partial charge < -0.3 is 4.74 Å². The predicted molar refractivity (Wildman–Crippen MR) is 50.1 cm³/mol. The number of halogens is 3. The first-order valence-corrected chi connectivity index (χ1v) is 4.21. The Kier molecular flexibility index (Phi) is 3.73. The summed E-state index contributed by atoms with van der Waals surface area (Å²) in [6.07, 6.45) is 0.141. The van der Waals surface area contributed by atoms with Crippen molar-refractivity contribution in [3.05, 3.63) is 32.8 Å². The van der Waals surface area contributed by atoms with Gasteiger partial charge in [0.15, 0.2) is 6.29 Å². The monoisotopic (exact) mass is 251 g/mol. The predicted octanol–water partition coefficient (Wildman–Crippen LogP) is 2.66. The number of hydrogen-bond acceptors (Lipinski definition) is 4. The molecule has 0 unspecified atom stereocenters. The third-order valence-corrected chi connectivity index (χ3v) is 1.81. The molecule has 1 aromatic rings. The first-order valence-electron chi connectivity index (χ1n) is 3.83. The smallest absolute Gasteiger partial charge is 0.387 e. The Labute approximate surface area is 92.7 Å². The van der Waals surface area contributed by atoms with Gasteiger partial charge in [-0.15, -0.1) is 0 Å². The lowest BCUT2D eigenvalue weighted by molar-refractivity contribution is -0.386. The van der Waals surface area contributed by atoms with E-state index in [0.29, 0.717) is 0 Å². The van der Waals surface area contributed by atoms with Crippen LogP contribution in [-0.2, 0) is 0 Å². The van der Waals surface area contributed by atoms with E-state index < -0.39 is 28.5 Å². The van der Waals surface area contributed by atoms with Crippen LogP contribution < -0.4 is 4.74 Å². The maximum absolute atomic E-state index is 12.0. The van der Waals surface area contributed by atoms with Crippen molar-refractivity contribution in [1.29, 1.82) is 0 Å². The van der Waals surface area contributed by atoms with Crippen molar-refractivity contribution in [3.63, 3.8) is 0 Å². The van der Waals surface area contributed by atoms with Gasteiger partial charge in [-0.25, -0.2) is 0 Å². The lowest BCUT2D eigenvalue weighted by Gasteiger charge is -2.06. The van der Waals surface area contributed by atoms with E-state index in [4.69, 9.17) is 11.6 Å². The highest BCUT2D eigenvalue weighted by molar-refractivity contribution is 6.31. The fourth-order valence-electron chi connectivity index (χ4n) is 1.07. The molecule has 0 aliphatic rings. The topological polar surface area (TPSA) is 69.4 Å². The van der Waals surface area contributed by atoms with Crippen molar-refractivity contribution in [2.75, 3.05) is 0 Å². The van der Waals surface area contributed by atoms with Gasteiger partial charge in [-0.3, -0.25) is 14.9 Å². The summed E-state index contributed by atoms with van der Waals surface area (Å²) in [4.78, 5) is 20.1. The number of aldehydes is 1. The van der Waals surface area contributed by atoms with Crippen molar-refractivity contribution in [1.82, 2.24) is 0 Å². The maximum Gasteiger partial charge on any atom is 0.387 e. The van der Waals surface area contributed by atoms with E-state index in [1.54, 1.807) is 0 Å². The molecule has 5 nitrogen and oxygen atoms in total. The number of ether oxygens (including phenoxy) is 1. The minimum absolute atomic E-state index is 0.108. The van der Waals surface area contributed by atoms with Gasteiger partial charge in [0, 0.05) is 11.1 Å². The zero-order valence-corrected chi connectivity index (χ0v) is 8.28. The lowest BCUT2D eigenvalue weighted by Crippen LogP contribution is -2.06. The summed E-state index contributed by atoms with van der Waals surface area (Å²) >= 11 is 5.48. The average Bonchev–Trinajstić information content (AvgIpc) is 2.14. The molecule has 0 fully saturated rings. The third kappa shape index (κ3) is 2.63. The second-order valence-corrected chi connectivity index (χ2v) is 3.03. The molecule has 0 aromatic heterocycles. The molecule has 0 aliphatic heterocycles. The van der Waals surface area contributed by atoms with E-state index in [0.717, 1.165) is 12.1 Å². The van der Waals surface area contributed by atoms with E-state index in [1.165, 1.54) is 0 Å². The Bertz CT molecular complexity index is 438. The van der Waals surface area contributed by atoms with Crippen LogP contribution in [0.5, 0.6) is 5.75 Å². The lowest BCUT2D eigenvalue weighted by atomic mass is 10.2. The largest absolute Gasteiger partial charge is 0.427 e. The molecule has 86 valence electrons. The molecule has 0 N–H and O–H groups in total. The molecule has 0 heterocycles. The fourth-order valence-corrected chi connectivity index (χ4v) is 1.28. The number of hydrogen-bond donors (Lipinski definition) is 0. The standard InChI is InChI=1S/C8H4ClF2NO4/c9-5-1-4(3-13)7(12(14)15)6(2-5)16-8(10)11/h1-3,8H. The molecule has 0 amide bonds. The first kappa shape index (κ1) is 12.3. The highest BCUT2D eigenvalue weighted by Crippen LogP contribution is 2.34. The first-order chi connectivity index (χ1) is 7.45. The molecule has 1 rings (SSSR count). The number of nitrogens with zero attached hydrogens (tertiary/aromatic N) is 1. The average molecular weight is 252 g/mol. The highest BCUT2D eigenvalue weighted by atomic mass is 35.5. The van der Waals surface area contributed by atoms with Crippen LogP contribution in [-0.4, -0.2) is 17.8 Å². The molecule has 0 atom stereocenters. The van der Waals surface area contributed by atoms with Crippen LogP contribution in [0.15, 0.2) is 12.1 Å². The van der Waals surface area contributed by atoms with Gasteiger partial charge in [-0.1, -0.05) is 11.6 Å².